The van der Waals surface area contributed by atoms with Crippen molar-refractivity contribution in [3.63, 3.8) is 0 Å². The molecule has 1 aliphatic carbocycles. The van der Waals surface area contributed by atoms with Crippen LogP contribution in [0.1, 0.15) is 49.7 Å². The van der Waals surface area contributed by atoms with Crippen molar-refractivity contribution in [2.24, 2.45) is 0 Å². The number of nitrogens with zero attached hydrogens (tertiary/aromatic N) is 2. The first kappa shape index (κ1) is 23.8. The highest BCUT2D eigenvalue weighted by atomic mass is 32.1. The first-order valence-corrected chi connectivity index (χ1v) is 12.6. The molecule has 2 heterocycles. The van der Waals surface area contributed by atoms with Gasteiger partial charge in [0.1, 0.15) is 5.82 Å². The number of aromatic amines is 1. The average molecular weight is 479 g/mol. The summed E-state index contributed by atoms with van der Waals surface area (Å²) in [7, 11) is 0. The third kappa shape index (κ3) is 5.75. The fourth-order valence-electron chi connectivity index (χ4n) is 4.33. The number of carbonyl (C=O) groups excluding carboxylic acids is 1. The van der Waals surface area contributed by atoms with Crippen LogP contribution in [-0.4, -0.2) is 22.0 Å². The fraction of sp³-hybridized carbons (Fsp3) is 0.346. The number of nitrogens with one attached hydrogen (secondary N) is 1. The van der Waals surface area contributed by atoms with Crippen LogP contribution in [0.2, 0.25) is 0 Å². The van der Waals surface area contributed by atoms with Gasteiger partial charge in [-0.1, -0.05) is 42.0 Å². The van der Waals surface area contributed by atoms with Crippen molar-refractivity contribution in [2.45, 2.75) is 51.5 Å². The van der Waals surface area contributed by atoms with E-state index in [1.54, 1.807) is 11.3 Å². The Morgan fingerprint density at radius 1 is 1.09 bits per heavy atom. The minimum atomic E-state index is -0.631. The number of anilines is 2. The first-order valence-electron chi connectivity index (χ1n) is 11.7. The molecule has 0 unspecified atom stereocenters. The van der Waals surface area contributed by atoms with Crippen LogP contribution in [0.3, 0.4) is 0 Å². The van der Waals surface area contributed by atoms with Gasteiger partial charge in [-0.15, -0.1) is 0 Å². The van der Waals surface area contributed by atoms with Gasteiger partial charge in [0.25, 0.3) is 5.56 Å². The molecule has 3 N–H and O–H groups in total. The molecule has 0 aliphatic heterocycles. The molecule has 0 saturated heterocycles. The van der Waals surface area contributed by atoms with E-state index in [0.29, 0.717) is 19.4 Å². The van der Waals surface area contributed by atoms with Gasteiger partial charge in [-0.2, -0.15) is 11.3 Å². The molecule has 4 rings (SSSR count). The molecule has 0 fully saturated rings. The third-order valence-electron chi connectivity index (χ3n) is 6.22. The van der Waals surface area contributed by atoms with Crippen molar-refractivity contribution in [3.05, 3.63) is 90.8 Å². The summed E-state index contributed by atoms with van der Waals surface area (Å²) in [5.41, 5.74) is 8.51. The molecule has 0 bridgehead atoms. The Morgan fingerprint density at radius 3 is 2.62 bits per heavy atom. The predicted molar refractivity (Wildman–Crippen MR) is 137 cm³/mol. The monoisotopic (exact) mass is 478 g/mol. The number of hydrogen-bond acceptors (Lipinski definition) is 5. The Hall–Kier alpha value is -3.39. The number of nitrogens with two attached hydrogens (primary N) is 1. The van der Waals surface area contributed by atoms with Crippen LogP contribution in [-0.2, 0) is 17.8 Å². The molecule has 34 heavy (non-hydrogen) atoms. The Labute approximate surface area is 202 Å². The number of thiophene rings is 1. The van der Waals surface area contributed by atoms with E-state index in [-0.39, 0.29) is 30.4 Å². The lowest BCUT2D eigenvalue weighted by atomic mass is 9.97. The number of aryl methyl sites for hydroxylation is 1. The standard InChI is InChI=1S/C26H30N4O3S/c27-24-23(25(32)28-26(33)30(24)17-20-9-5-2-6-10-20)29(15-13-19-7-3-1-4-8-19)22(31)12-11-21-14-16-34-18-21/h2,5-7,9-10,14,16,18H,1,3-4,8,11-13,15,17,27H2,(H,28,32,33). The van der Waals surface area contributed by atoms with Crippen molar-refractivity contribution >= 4 is 28.7 Å². The van der Waals surface area contributed by atoms with Gasteiger partial charge in [-0.05, 0) is 66.5 Å². The summed E-state index contributed by atoms with van der Waals surface area (Å²) < 4.78 is 1.32. The van der Waals surface area contributed by atoms with Gasteiger partial charge in [0.05, 0.1) is 6.54 Å². The number of nitrogen functional groups attached to an aromatic ring is 1. The van der Waals surface area contributed by atoms with E-state index in [9.17, 15) is 14.4 Å². The van der Waals surface area contributed by atoms with E-state index in [4.69, 9.17) is 5.73 Å². The van der Waals surface area contributed by atoms with Crippen molar-refractivity contribution in [1.29, 1.82) is 0 Å². The van der Waals surface area contributed by atoms with E-state index in [1.165, 1.54) is 21.5 Å². The van der Waals surface area contributed by atoms with Gasteiger partial charge in [0, 0.05) is 13.0 Å². The third-order valence-corrected chi connectivity index (χ3v) is 6.95. The molecule has 1 amide bonds. The smallest absolute Gasteiger partial charge is 0.330 e. The van der Waals surface area contributed by atoms with Crippen LogP contribution in [0.5, 0.6) is 0 Å². The highest BCUT2D eigenvalue weighted by Gasteiger charge is 2.24. The molecule has 3 aromatic rings. The van der Waals surface area contributed by atoms with Crippen LogP contribution < -0.4 is 21.9 Å². The number of carbonyl (C=O) groups is 1. The molecule has 0 saturated carbocycles. The summed E-state index contributed by atoms with van der Waals surface area (Å²) in [6.07, 6.45) is 8.15. The van der Waals surface area contributed by atoms with Crippen molar-refractivity contribution in [1.82, 2.24) is 9.55 Å². The summed E-state index contributed by atoms with van der Waals surface area (Å²) in [5, 5.41) is 4.00. The van der Waals surface area contributed by atoms with Gasteiger partial charge in [0.15, 0.2) is 5.69 Å². The number of amides is 1. The molecule has 0 radical (unpaired) electrons. The van der Waals surface area contributed by atoms with Crippen LogP contribution >= 0.6 is 11.3 Å². The Kier molecular flexibility index (Phi) is 7.80. The second-order valence-electron chi connectivity index (χ2n) is 8.60. The number of rotatable bonds is 9. The summed E-state index contributed by atoms with van der Waals surface area (Å²) in [4.78, 5) is 42.8. The first-order chi connectivity index (χ1) is 16.5. The molecule has 178 valence electrons. The number of H-pyrrole nitrogens is 1. The summed E-state index contributed by atoms with van der Waals surface area (Å²) in [6.45, 7) is 0.558. The molecule has 0 spiro atoms. The zero-order valence-electron chi connectivity index (χ0n) is 19.2. The molecular weight excluding hydrogens is 448 g/mol. The lowest BCUT2D eigenvalue weighted by Crippen LogP contribution is -2.42. The van der Waals surface area contributed by atoms with Crippen molar-refractivity contribution < 1.29 is 4.79 Å². The largest absolute Gasteiger partial charge is 0.383 e. The van der Waals surface area contributed by atoms with Crippen molar-refractivity contribution in [3.8, 4) is 0 Å². The Morgan fingerprint density at radius 2 is 1.91 bits per heavy atom. The van der Waals surface area contributed by atoms with E-state index >= 15 is 0 Å². The minimum Gasteiger partial charge on any atom is -0.383 e. The van der Waals surface area contributed by atoms with Gasteiger partial charge in [-0.3, -0.25) is 19.1 Å². The molecule has 2 aromatic heterocycles. The minimum absolute atomic E-state index is 0.0131. The highest BCUT2D eigenvalue weighted by Crippen LogP contribution is 2.24. The summed E-state index contributed by atoms with van der Waals surface area (Å²) >= 11 is 1.59. The summed E-state index contributed by atoms with van der Waals surface area (Å²) in [6, 6.07) is 11.4. The van der Waals surface area contributed by atoms with Crippen LogP contribution in [0.4, 0.5) is 11.5 Å². The lowest BCUT2D eigenvalue weighted by molar-refractivity contribution is -0.118. The maximum Gasteiger partial charge on any atom is 0.330 e. The lowest BCUT2D eigenvalue weighted by Gasteiger charge is -2.26. The fourth-order valence-corrected chi connectivity index (χ4v) is 5.03. The molecule has 1 aliphatic rings. The quantitative estimate of drug-likeness (QED) is 0.453. The highest BCUT2D eigenvalue weighted by molar-refractivity contribution is 7.07. The normalized spacial score (nSPS) is 13.5. The SMILES string of the molecule is Nc1c(N(CCC2=CCCCC2)C(=O)CCc2ccsc2)c(=O)[nH]c(=O)n1Cc1ccccc1. The average Bonchev–Trinajstić information content (AvgIpc) is 3.37. The number of benzene rings is 1. The van der Waals surface area contributed by atoms with E-state index in [2.05, 4.69) is 11.1 Å². The zero-order chi connectivity index (χ0) is 23.9. The zero-order valence-corrected chi connectivity index (χ0v) is 20.0. The van der Waals surface area contributed by atoms with Crippen LogP contribution in [0, 0.1) is 0 Å². The maximum absolute atomic E-state index is 13.4. The Balaban J connectivity index is 1.66. The number of allylic oxidation sites excluding steroid dienone is 1. The second-order valence-corrected chi connectivity index (χ2v) is 9.38. The predicted octanol–water partition coefficient (Wildman–Crippen LogP) is 4.08. The Bertz CT molecular complexity index is 1260. The van der Waals surface area contributed by atoms with Gasteiger partial charge in [0.2, 0.25) is 5.91 Å². The van der Waals surface area contributed by atoms with Crippen LogP contribution in [0.25, 0.3) is 0 Å². The number of hydrogen-bond donors (Lipinski definition) is 2. The van der Waals surface area contributed by atoms with E-state index < -0.39 is 11.2 Å². The molecule has 0 atom stereocenters. The summed E-state index contributed by atoms with van der Waals surface area (Å²) in [5.74, 6) is -0.163. The van der Waals surface area contributed by atoms with Gasteiger partial charge >= 0.3 is 5.69 Å². The maximum atomic E-state index is 13.4. The van der Waals surface area contributed by atoms with E-state index in [0.717, 1.165) is 30.4 Å². The van der Waals surface area contributed by atoms with E-state index in [1.807, 2.05) is 47.2 Å². The topological polar surface area (TPSA) is 101 Å². The van der Waals surface area contributed by atoms with Crippen LogP contribution in [0.15, 0.2) is 68.4 Å². The second kappa shape index (κ2) is 11.2. The molecule has 7 nitrogen and oxygen atoms in total. The van der Waals surface area contributed by atoms with Gasteiger partial charge in [-0.25, -0.2) is 4.79 Å². The number of aromatic nitrogens is 2. The molecular formula is C26H30N4O3S. The van der Waals surface area contributed by atoms with Gasteiger partial charge < -0.3 is 10.6 Å². The molecule has 1 aromatic carbocycles. The molecule has 8 heteroatoms. The van der Waals surface area contributed by atoms with Crippen molar-refractivity contribution in [2.75, 3.05) is 17.2 Å².